The molecule has 0 aliphatic rings. The van der Waals surface area contributed by atoms with Gasteiger partial charge in [0.2, 0.25) is 5.91 Å². The van der Waals surface area contributed by atoms with Crippen molar-refractivity contribution in [3.05, 3.63) is 87.2 Å². The lowest BCUT2D eigenvalue weighted by Gasteiger charge is -2.09. The zero-order valence-electron chi connectivity index (χ0n) is 17.4. The Labute approximate surface area is 186 Å². The minimum absolute atomic E-state index is 0.00598. The van der Waals surface area contributed by atoms with E-state index in [0.29, 0.717) is 21.2 Å². The number of halogens is 1. The molecule has 3 aromatic heterocycles. The molecule has 32 heavy (non-hydrogen) atoms. The largest absolute Gasteiger partial charge is 0.358 e. The molecule has 5 rings (SSSR count). The summed E-state index contributed by atoms with van der Waals surface area (Å²) in [4.78, 5) is 35.2. The van der Waals surface area contributed by atoms with Crippen molar-refractivity contribution in [3.8, 4) is 11.1 Å². The smallest absolute Gasteiger partial charge is 0.281 e. The number of rotatable bonds is 4. The predicted molar refractivity (Wildman–Crippen MR) is 125 cm³/mol. The standard InChI is InChI=1S/C24H19FN4O2S/c1-13-17(18-10-16(25)8-9-19(18)27-13)11-20(30)28-29-12-26-23-22(24(29)31)21(14(2)32-23)15-6-4-3-5-7-15/h3-10,12,27H,11H2,1-2H3,(H,28,30). The maximum Gasteiger partial charge on any atom is 0.281 e. The molecule has 1 amide bonds. The van der Waals surface area contributed by atoms with E-state index in [1.54, 1.807) is 6.07 Å². The molecular weight excluding hydrogens is 427 g/mol. The highest BCUT2D eigenvalue weighted by Gasteiger charge is 2.18. The summed E-state index contributed by atoms with van der Waals surface area (Å²) in [7, 11) is 0. The normalized spacial score (nSPS) is 11.3. The number of aromatic amines is 1. The van der Waals surface area contributed by atoms with Crippen LogP contribution in [0, 0.1) is 19.7 Å². The lowest BCUT2D eigenvalue weighted by molar-refractivity contribution is -0.116. The molecule has 3 heterocycles. The number of hydrogen-bond donors (Lipinski definition) is 2. The number of amides is 1. The first-order valence-electron chi connectivity index (χ1n) is 10.0. The summed E-state index contributed by atoms with van der Waals surface area (Å²) in [5.74, 6) is -0.764. The zero-order valence-corrected chi connectivity index (χ0v) is 18.2. The molecule has 0 fully saturated rings. The second-order valence-corrected chi connectivity index (χ2v) is 8.83. The van der Waals surface area contributed by atoms with E-state index in [2.05, 4.69) is 15.4 Å². The molecule has 0 unspecified atom stereocenters. The van der Waals surface area contributed by atoms with Crippen LogP contribution in [0.2, 0.25) is 0 Å². The van der Waals surface area contributed by atoms with Gasteiger partial charge in [-0.3, -0.25) is 15.0 Å². The second kappa shape index (κ2) is 7.72. The number of aromatic nitrogens is 3. The van der Waals surface area contributed by atoms with E-state index in [4.69, 9.17) is 0 Å². The van der Waals surface area contributed by atoms with Crippen LogP contribution in [0.25, 0.3) is 32.2 Å². The van der Waals surface area contributed by atoms with Crippen LogP contribution in [0.15, 0.2) is 59.7 Å². The summed E-state index contributed by atoms with van der Waals surface area (Å²) < 4.78 is 14.8. The van der Waals surface area contributed by atoms with Gasteiger partial charge in [-0.1, -0.05) is 30.3 Å². The maximum absolute atomic E-state index is 13.7. The van der Waals surface area contributed by atoms with Crippen molar-refractivity contribution in [2.75, 3.05) is 5.43 Å². The van der Waals surface area contributed by atoms with E-state index in [-0.39, 0.29) is 17.8 Å². The van der Waals surface area contributed by atoms with Crippen molar-refractivity contribution in [2.24, 2.45) is 0 Å². The summed E-state index contributed by atoms with van der Waals surface area (Å²) in [5.41, 5.74) is 6.28. The molecule has 0 aliphatic heterocycles. The third kappa shape index (κ3) is 3.38. The van der Waals surface area contributed by atoms with Gasteiger partial charge in [0, 0.05) is 27.0 Å². The van der Waals surface area contributed by atoms with Gasteiger partial charge in [-0.15, -0.1) is 11.3 Å². The molecule has 2 aromatic carbocycles. The molecule has 160 valence electrons. The molecule has 0 spiro atoms. The SMILES string of the molecule is Cc1[nH]c2ccc(F)cc2c1CC(=O)Nn1cnc2sc(C)c(-c3ccccc3)c2c1=O. The molecule has 0 saturated heterocycles. The predicted octanol–water partition coefficient (Wildman–Crippen LogP) is 4.68. The van der Waals surface area contributed by atoms with Crippen molar-refractivity contribution in [1.82, 2.24) is 14.6 Å². The number of fused-ring (bicyclic) bond motifs is 2. The van der Waals surface area contributed by atoms with Gasteiger partial charge >= 0.3 is 0 Å². The van der Waals surface area contributed by atoms with E-state index in [9.17, 15) is 14.0 Å². The molecule has 2 N–H and O–H groups in total. The van der Waals surface area contributed by atoms with Crippen LogP contribution >= 0.6 is 11.3 Å². The van der Waals surface area contributed by atoms with Gasteiger partial charge < -0.3 is 4.98 Å². The fourth-order valence-corrected chi connectivity index (χ4v) is 5.05. The Morgan fingerprint density at radius 2 is 1.97 bits per heavy atom. The summed E-state index contributed by atoms with van der Waals surface area (Å²) >= 11 is 1.45. The highest BCUT2D eigenvalue weighted by Crippen LogP contribution is 2.35. The Morgan fingerprint density at radius 1 is 1.19 bits per heavy atom. The Kier molecular flexibility index (Phi) is 4.86. The molecule has 5 aromatic rings. The topological polar surface area (TPSA) is 79.8 Å². The Balaban J connectivity index is 1.51. The number of aryl methyl sites for hydroxylation is 2. The van der Waals surface area contributed by atoms with Crippen molar-refractivity contribution in [1.29, 1.82) is 0 Å². The van der Waals surface area contributed by atoms with E-state index in [1.165, 1.54) is 29.8 Å². The lowest BCUT2D eigenvalue weighted by Crippen LogP contribution is -2.34. The average Bonchev–Trinajstić information content (AvgIpc) is 3.27. The molecule has 0 aliphatic carbocycles. The molecule has 0 atom stereocenters. The highest BCUT2D eigenvalue weighted by molar-refractivity contribution is 7.19. The maximum atomic E-state index is 13.7. The average molecular weight is 447 g/mol. The van der Waals surface area contributed by atoms with Gasteiger partial charge in [-0.25, -0.2) is 14.1 Å². The van der Waals surface area contributed by atoms with Crippen LogP contribution in [0.3, 0.4) is 0 Å². The minimum Gasteiger partial charge on any atom is -0.358 e. The number of H-pyrrole nitrogens is 1. The van der Waals surface area contributed by atoms with Crippen molar-refractivity contribution in [3.63, 3.8) is 0 Å². The first-order valence-corrected chi connectivity index (χ1v) is 10.9. The summed E-state index contributed by atoms with van der Waals surface area (Å²) in [6.45, 7) is 3.79. The van der Waals surface area contributed by atoms with Gasteiger partial charge in [0.15, 0.2) is 0 Å². The van der Waals surface area contributed by atoms with Crippen LogP contribution in [-0.4, -0.2) is 20.6 Å². The van der Waals surface area contributed by atoms with Crippen molar-refractivity contribution < 1.29 is 9.18 Å². The van der Waals surface area contributed by atoms with Gasteiger partial charge in [-0.05, 0) is 43.2 Å². The molecular formula is C24H19FN4O2S. The molecule has 6 nitrogen and oxygen atoms in total. The third-order valence-corrected chi connectivity index (χ3v) is 6.53. The second-order valence-electron chi connectivity index (χ2n) is 7.63. The number of hydrogen-bond acceptors (Lipinski definition) is 4. The van der Waals surface area contributed by atoms with E-state index >= 15 is 0 Å². The minimum atomic E-state index is -0.394. The number of carbonyl (C=O) groups is 1. The van der Waals surface area contributed by atoms with Gasteiger partial charge in [-0.2, -0.15) is 0 Å². The monoisotopic (exact) mass is 446 g/mol. The number of nitrogens with one attached hydrogen (secondary N) is 2. The fourth-order valence-electron chi connectivity index (χ4n) is 4.05. The van der Waals surface area contributed by atoms with E-state index < -0.39 is 5.91 Å². The number of nitrogens with zero attached hydrogens (tertiary/aromatic N) is 2. The first-order chi connectivity index (χ1) is 15.4. The highest BCUT2D eigenvalue weighted by atomic mass is 32.1. The number of thiophene rings is 1. The third-order valence-electron chi connectivity index (χ3n) is 5.52. The summed E-state index contributed by atoms with van der Waals surface area (Å²) in [6, 6.07) is 14.1. The van der Waals surface area contributed by atoms with Gasteiger partial charge in [0.1, 0.15) is 17.0 Å². The number of benzene rings is 2. The molecule has 0 bridgehead atoms. The number of carbonyl (C=O) groups excluding carboxylic acids is 1. The van der Waals surface area contributed by atoms with Crippen LogP contribution in [0.4, 0.5) is 4.39 Å². The van der Waals surface area contributed by atoms with Crippen LogP contribution in [0.1, 0.15) is 16.1 Å². The molecule has 8 heteroatoms. The first kappa shape index (κ1) is 20.1. The van der Waals surface area contributed by atoms with Crippen LogP contribution in [-0.2, 0) is 11.2 Å². The summed E-state index contributed by atoms with van der Waals surface area (Å²) in [6.07, 6.45) is 1.32. The lowest BCUT2D eigenvalue weighted by atomic mass is 10.0. The van der Waals surface area contributed by atoms with E-state index in [1.807, 2.05) is 44.2 Å². The molecule has 0 saturated carbocycles. The molecule has 0 radical (unpaired) electrons. The van der Waals surface area contributed by atoms with Gasteiger partial charge in [0.05, 0.1) is 11.8 Å². The Morgan fingerprint density at radius 3 is 2.75 bits per heavy atom. The zero-order chi connectivity index (χ0) is 22.4. The van der Waals surface area contributed by atoms with Crippen LogP contribution in [0.5, 0.6) is 0 Å². The van der Waals surface area contributed by atoms with Crippen molar-refractivity contribution in [2.45, 2.75) is 20.3 Å². The Bertz CT molecular complexity index is 1550. The van der Waals surface area contributed by atoms with E-state index in [0.717, 1.165) is 31.9 Å². The fraction of sp³-hybridized carbons (Fsp3) is 0.125. The quantitative estimate of drug-likeness (QED) is 0.421. The Hall–Kier alpha value is -3.78. The van der Waals surface area contributed by atoms with Crippen LogP contribution < -0.4 is 11.0 Å². The van der Waals surface area contributed by atoms with Gasteiger partial charge in [0.25, 0.3) is 5.56 Å². The van der Waals surface area contributed by atoms with Crippen molar-refractivity contribution >= 4 is 38.4 Å². The summed E-state index contributed by atoms with van der Waals surface area (Å²) in [5, 5.41) is 1.13.